The summed E-state index contributed by atoms with van der Waals surface area (Å²) in [5, 5.41) is 15.9. The van der Waals surface area contributed by atoms with Gasteiger partial charge in [0.2, 0.25) is 0 Å². The molecule has 1 saturated heterocycles. The average molecular weight is 476 g/mol. The lowest BCUT2D eigenvalue weighted by atomic mass is 10.00. The molecule has 1 atom stereocenters. The van der Waals surface area contributed by atoms with Gasteiger partial charge in [0, 0.05) is 36.4 Å². The van der Waals surface area contributed by atoms with Gasteiger partial charge in [0.15, 0.2) is 11.9 Å². The lowest BCUT2D eigenvalue weighted by molar-refractivity contribution is 0.0792. The second kappa shape index (κ2) is 9.07. The van der Waals surface area contributed by atoms with Crippen molar-refractivity contribution in [2.75, 3.05) is 31.6 Å². The summed E-state index contributed by atoms with van der Waals surface area (Å²) in [4.78, 5) is 28.8. The second-order valence-electron chi connectivity index (χ2n) is 9.00. The number of fused-ring (bicyclic) bond motifs is 1. The van der Waals surface area contributed by atoms with Crippen molar-refractivity contribution >= 4 is 17.5 Å². The molecule has 182 valence electrons. The molecule has 0 spiro atoms. The third kappa shape index (κ3) is 4.01. The molecule has 9 nitrogen and oxygen atoms in total. The zero-order chi connectivity index (χ0) is 24.7. The summed E-state index contributed by atoms with van der Waals surface area (Å²) in [6.45, 7) is 3.99. The number of carbonyl (C=O) groups is 2. The van der Waals surface area contributed by atoms with Crippen LogP contribution in [0.2, 0.25) is 0 Å². The first kappa shape index (κ1) is 22.9. The van der Waals surface area contributed by atoms with Crippen LogP contribution in [0.25, 0.3) is 5.69 Å². The van der Waals surface area contributed by atoms with Crippen molar-refractivity contribution < 1.29 is 19.4 Å². The molecule has 2 amide bonds. The van der Waals surface area contributed by atoms with Gasteiger partial charge in [-0.05, 0) is 74.2 Å². The smallest absolute Gasteiger partial charge is 0.269 e. The molecular weight excluding hydrogens is 446 g/mol. The number of aliphatic hydroxyl groups excluding tert-OH is 1. The first-order chi connectivity index (χ1) is 16.9. The largest absolute Gasteiger partial charge is 0.497 e. The Hall–Kier alpha value is -3.85. The standard InChI is InChI=1S/C26H29N5O4/c1-16-15-18(7-10-20(16)25(33)29-12-3-4-13-29)30-14-11-21-22(24(27)32)28-31(23(21)26(30)34)17-5-8-19(35-2)9-6-17/h5-10,15,26,34H,3-4,11-14H2,1-2H3,(H2,27,32). The van der Waals surface area contributed by atoms with Crippen LogP contribution in [0.3, 0.4) is 0 Å². The molecule has 9 heteroatoms. The van der Waals surface area contributed by atoms with E-state index < -0.39 is 12.1 Å². The van der Waals surface area contributed by atoms with E-state index in [4.69, 9.17) is 10.5 Å². The number of hydrogen-bond donors (Lipinski definition) is 2. The highest BCUT2D eigenvalue weighted by Gasteiger charge is 2.35. The molecule has 35 heavy (non-hydrogen) atoms. The van der Waals surface area contributed by atoms with Gasteiger partial charge >= 0.3 is 0 Å². The lowest BCUT2D eigenvalue weighted by Crippen LogP contribution is -2.37. The summed E-state index contributed by atoms with van der Waals surface area (Å²) in [5.74, 6) is 0.109. The van der Waals surface area contributed by atoms with Crippen LogP contribution < -0.4 is 15.4 Å². The first-order valence-corrected chi connectivity index (χ1v) is 11.8. The Balaban J connectivity index is 1.50. The normalized spacial score (nSPS) is 17.4. The van der Waals surface area contributed by atoms with Gasteiger partial charge in [-0.2, -0.15) is 5.10 Å². The minimum absolute atomic E-state index is 0.0525. The molecule has 3 aromatic rings. The van der Waals surface area contributed by atoms with E-state index in [-0.39, 0.29) is 11.6 Å². The number of ether oxygens (including phenoxy) is 1. The molecule has 1 unspecified atom stereocenters. The minimum Gasteiger partial charge on any atom is -0.497 e. The number of anilines is 1. The molecule has 0 bridgehead atoms. The third-order valence-electron chi connectivity index (χ3n) is 6.88. The van der Waals surface area contributed by atoms with E-state index in [1.54, 1.807) is 23.9 Å². The highest BCUT2D eigenvalue weighted by Crippen LogP contribution is 2.36. The van der Waals surface area contributed by atoms with Crippen LogP contribution in [-0.2, 0) is 6.42 Å². The van der Waals surface area contributed by atoms with Crippen molar-refractivity contribution in [2.45, 2.75) is 32.4 Å². The fraction of sp³-hybridized carbons (Fsp3) is 0.346. The van der Waals surface area contributed by atoms with Crippen molar-refractivity contribution in [1.29, 1.82) is 0 Å². The monoisotopic (exact) mass is 475 g/mol. The summed E-state index contributed by atoms with van der Waals surface area (Å²) < 4.78 is 6.81. The van der Waals surface area contributed by atoms with Gasteiger partial charge in [0.25, 0.3) is 11.8 Å². The molecule has 0 saturated carbocycles. The fourth-order valence-electron chi connectivity index (χ4n) is 5.02. The van der Waals surface area contributed by atoms with E-state index in [2.05, 4.69) is 5.10 Å². The van der Waals surface area contributed by atoms with Gasteiger partial charge in [-0.1, -0.05) is 0 Å². The van der Waals surface area contributed by atoms with Gasteiger partial charge in [0.1, 0.15) is 5.75 Å². The van der Waals surface area contributed by atoms with E-state index in [1.807, 2.05) is 47.1 Å². The summed E-state index contributed by atoms with van der Waals surface area (Å²) in [6.07, 6.45) is 1.52. The predicted octanol–water partition coefficient (Wildman–Crippen LogP) is 2.58. The molecule has 1 aromatic heterocycles. The zero-order valence-electron chi connectivity index (χ0n) is 19.9. The van der Waals surface area contributed by atoms with Crippen molar-refractivity contribution in [3.63, 3.8) is 0 Å². The lowest BCUT2D eigenvalue weighted by Gasteiger charge is -2.35. The van der Waals surface area contributed by atoms with Gasteiger partial charge in [-0.3, -0.25) is 9.59 Å². The minimum atomic E-state index is -1.05. The number of aliphatic hydroxyl groups is 1. The van der Waals surface area contributed by atoms with Gasteiger partial charge < -0.3 is 25.4 Å². The van der Waals surface area contributed by atoms with Crippen LogP contribution in [0.15, 0.2) is 42.5 Å². The Morgan fingerprint density at radius 1 is 1.06 bits per heavy atom. The Morgan fingerprint density at radius 3 is 2.37 bits per heavy atom. The Bertz CT molecular complexity index is 1280. The van der Waals surface area contributed by atoms with Crippen LogP contribution >= 0.6 is 0 Å². The maximum Gasteiger partial charge on any atom is 0.269 e. The topological polar surface area (TPSA) is 114 Å². The summed E-state index contributed by atoms with van der Waals surface area (Å²) in [5.41, 5.74) is 9.95. The summed E-state index contributed by atoms with van der Waals surface area (Å²) in [6, 6.07) is 12.8. The van der Waals surface area contributed by atoms with Crippen molar-refractivity contribution in [1.82, 2.24) is 14.7 Å². The number of benzene rings is 2. The van der Waals surface area contributed by atoms with Crippen LogP contribution in [0.1, 0.15) is 56.7 Å². The van der Waals surface area contributed by atoms with Gasteiger partial charge in [-0.25, -0.2) is 4.68 Å². The molecule has 2 aliphatic rings. The number of methoxy groups -OCH3 is 1. The van der Waals surface area contributed by atoms with Crippen molar-refractivity contribution in [3.8, 4) is 11.4 Å². The summed E-state index contributed by atoms with van der Waals surface area (Å²) in [7, 11) is 1.59. The molecule has 3 heterocycles. The number of amides is 2. The van der Waals surface area contributed by atoms with E-state index >= 15 is 0 Å². The first-order valence-electron chi connectivity index (χ1n) is 11.8. The van der Waals surface area contributed by atoms with E-state index in [0.29, 0.717) is 41.2 Å². The third-order valence-corrected chi connectivity index (χ3v) is 6.88. The molecule has 5 rings (SSSR count). The number of aryl methyl sites for hydroxylation is 1. The highest BCUT2D eigenvalue weighted by atomic mass is 16.5. The molecular formula is C26H29N5O4. The SMILES string of the molecule is COc1ccc(-n2nc(C(N)=O)c3c2C(O)N(c2ccc(C(=O)N4CCCC4)c(C)c2)CC3)cc1. The molecule has 0 radical (unpaired) electrons. The molecule has 1 fully saturated rings. The van der Waals surface area contributed by atoms with Crippen molar-refractivity contribution in [3.05, 3.63) is 70.5 Å². The maximum absolute atomic E-state index is 12.9. The second-order valence-corrected chi connectivity index (χ2v) is 9.00. The maximum atomic E-state index is 12.9. The molecule has 0 aliphatic carbocycles. The number of carbonyl (C=O) groups excluding carboxylic acids is 2. The van der Waals surface area contributed by atoms with E-state index in [1.165, 1.54) is 0 Å². The quantitative estimate of drug-likeness (QED) is 0.586. The Morgan fingerprint density at radius 2 is 1.74 bits per heavy atom. The van der Waals surface area contributed by atoms with Gasteiger partial charge in [-0.15, -0.1) is 0 Å². The number of nitrogens with two attached hydrogens (primary N) is 1. The Kier molecular flexibility index (Phi) is 5.94. The number of nitrogens with zero attached hydrogens (tertiary/aromatic N) is 4. The number of aromatic nitrogens is 2. The number of hydrogen-bond acceptors (Lipinski definition) is 6. The summed E-state index contributed by atoms with van der Waals surface area (Å²) >= 11 is 0. The molecule has 3 N–H and O–H groups in total. The average Bonchev–Trinajstić information content (AvgIpc) is 3.53. The zero-order valence-corrected chi connectivity index (χ0v) is 19.9. The predicted molar refractivity (Wildman–Crippen MR) is 131 cm³/mol. The molecule has 2 aliphatic heterocycles. The molecule has 2 aromatic carbocycles. The number of primary amides is 1. The Labute approximate surface area is 203 Å². The van der Waals surface area contributed by atoms with Crippen LogP contribution in [0.5, 0.6) is 5.75 Å². The van der Waals surface area contributed by atoms with E-state index in [9.17, 15) is 14.7 Å². The van der Waals surface area contributed by atoms with Crippen molar-refractivity contribution in [2.24, 2.45) is 5.73 Å². The fourth-order valence-corrected chi connectivity index (χ4v) is 5.02. The van der Waals surface area contributed by atoms with Crippen LogP contribution in [-0.4, -0.2) is 58.3 Å². The number of rotatable bonds is 5. The number of likely N-dealkylation sites (tertiary alicyclic amines) is 1. The van der Waals surface area contributed by atoms with Gasteiger partial charge in [0.05, 0.1) is 18.5 Å². The highest BCUT2D eigenvalue weighted by molar-refractivity contribution is 5.96. The van der Waals surface area contributed by atoms with Crippen LogP contribution in [0.4, 0.5) is 5.69 Å². The van der Waals surface area contributed by atoms with E-state index in [0.717, 1.165) is 37.2 Å². The van der Waals surface area contributed by atoms with Crippen LogP contribution in [0, 0.1) is 6.92 Å².